The molecular formula is C26H24N6O4S. The van der Waals surface area contributed by atoms with Crippen molar-refractivity contribution in [1.82, 2.24) is 20.1 Å². The first-order valence-electron chi connectivity index (χ1n) is 11.7. The van der Waals surface area contributed by atoms with Gasteiger partial charge in [0.2, 0.25) is 5.91 Å². The predicted molar refractivity (Wildman–Crippen MR) is 140 cm³/mol. The molecule has 10 nitrogen and oxygen atoms in total. The second kappa shape index (κ2) is 10.6. The van der Waals surface area contributed by atoms with Crippen molar-refractivity contribution >= 4 is 40.1 Å². The molecule has 0 saturated carbocycles. The molecule has 37 heavy (non-hydrogen) atoms. The summed E-state index contributed by atoms with van der Waals surface area (Å²) in [6.07, 6.45) is 2.85. The number of esters is 1. The summed E-state index contributed by atoms with van der Waals surface area (Å²) in [7, 11) is 0. The molecular weight excluding hydrogens is 492 g/mol. The molecule has 0 saturated heterocycles. The van der Waals surface area contributed by atoms with Crippen LogP contribution in [0.5, 0.6) is 0 Å². The third-order valence-corrected chi connectivity index (χ3v) is 6.48. The normalized spacial score (nSPS) is 12.4. The third kappa shape index (κ3) is 5.67. The number of urea groups is 1. The Hall–Kier alpha value is -4.51. The van der Waals surface area contributed by atoms with Crippen molar-refractivity contribution in [2.75, 3.05) is 17.2 Å². The van der Waals surface area contributed by atoms with E-state index in [0.29, 0.717) is 24.5 Å². The van der Waals surface area contributed by atoms with Crippen LogP contribution in [0.1, 0.15) is 35.0 Å². The molecule has 4 aromatic rings. The number of fused-ring (bicyclic) bond motifs is 1. The molecule has 188 valence electrons. The molecule has 1 aliphatic heterocycles. The maximum atomic E-state index is 12.5. The standard InChI is InChI=1S/C26H24N6O4S/c1-2-36-24(34)21-10-11-32(31-21)19-5-3-4-16(12-19)14-27-25(35)30-26-29-22(15-37-26)18-6-8-20-17(13-18)7-9-23(33)28-20/h3-6,8,10-13,15H,2,7,9,14H2,1H3,(H,28,33)(H2,27,29,30,35). The van der Waals surface area contributed by atoms with Gasteiger partial charge in [-0.3, -0.25) is 10.1 Å². The summed E-state index contributed by atoms with van der Waals surface area (Å²) < 4.78 is 6.56. The molecule has 3 amide bonds. The van der Waals surface area contributed by atoms with Crippen LogP contribution in [0.25, 0.3) is 16.9 Å². The monoisotopic (exact) mass is 516 g/mol. The largest absolute Gasteiger partial charge is 0.461 e. The topological polar surface area (TPSA) is 127 Å². The van der Waals surface area contributed by atoms with E-state index < -0.39 is 5.97 Å². The summed E-state index contributed by atoms with van der Waals surface area (Å²) >= 11 is 1.34. The molecule has 0 unspecified atom stereocenters. The van der Waals surface area contributed by atoms with Gasteiger partial charge in [0.25, 0.3) is 0 Å². The molecule has 2 aromatic heterocycles. The number of carbonyl (C=O) groups is 3. The number of ether oxygens (including phenoxy) is 1. The summed E-state index contributed by atoms with van der Waals surface area (Å²) in [4.78, 5) is 40.4. The summed E-state index contributed by atoms with van der Waals surface area (Å²) in [6, 6.07) is 14.5. The SMILES string of the molecule is CCOC(=O)c1ccn(-c2cccc(CNC(=O)Nc3nc(-c4ccc5c(c4)CCC(=O)N5)cs3)c2)n1. The molecule has 2 aromatic carbocycles. The number of aryl methyl sites for hydroxylation is 1. The van der Waals surface area contributed by atoms with Gasteiger partial charge in [0.05, 0.1) is 18.0 Å². The highest BCUT2D eigenvalue weighted by molar-refractivity contribution is 7.14. The van der Waals surface area contributed by atoms with Gasteiger partial charge in [-0.2, -0.15) is 5.10 Å². The van der Waals surface area contributed by atoms with Gasteiger partial charge in [-0.1, -0.05) is 18.2 Å². The van der Waals surface area contributed by atoms with E-state index in [2.05, 4.69) is 26.0 Å². The summed E-state index contributed by atoms with van der Waals surface area (Å²) in [5.74, 6) is -0.441. The zero-order valence-corrected chi connectivity index (χ0v) is 20.8. The van der Waals surface area contributed by atoms with E-state index in [4.69, 9.17) is 4.74 Å². The lowest BCUT2D eigenvalue weighted by Gasteiger charge is -2.17. The van der Waals surface area contributed by atoms with E-state index in [1.165, 1.54) is 11.3 Å². The number of nitrogens with zero attached hydrogens (tertiary/aromatic N) is 3. The van der Waals surface area contributed by atoms with Crippen molar-refractivity contribution in [3.63, 3.8) is 0 Å². The van der Waals surface area contributed by atoms with Crippen LogP contribution in [0, 0.1) is 0 Å². The van der Waals surface area contributed by atoms with Crippen LogP contribution in [0.15, 0.2) is 60.1 Å². The third-order valence-electron chi connectivity index (χ3n) is 5.72. The first-order valence-corrected chi connectivity index (χ1v) is 12.6. The minimum Gasteiger partial charge on any atom is -0.461 e. The van der Waals surface area contributed by atoms with Gasteiger partial charge in [0.1, 0.15) is 0 Å². The summed E-state index contributed by atoms with van der Waals surface area (Å²) in [5.41, 5.74) is 5.45. The number of benzene rings is 2. The number of rotatable bonds is 7. The number of aromatic nitrogens is 3. The number of hydrogen-bond donors (Lipinski definition) is 3. The first-order chi connectivity index (χ1) is 18.0. The van der Waals surface area contributed by atoms with Crippen LogP contribution in [0.3, 0.4) is 0 Å². The molecule has 5 rings (SSSR count). The minimum atomic E-state index is -0.471. The van der Waals surface area contributed by atoms with Crippen LogP contribution >= 0.6 is 11.3 Å². The molecule has 0 aliphatic carbocycles. The fourth-order valence-electron chi connectivity index (χ4n) is 3.92. The van der Waals surface area contributed by atoms with E-state index in [-0.39, 0.29) is 24.2 Å². The maximum Gasteiger partial charge on any atom is 0.358 e. The average molecular weight is 517 g/mol. The van der Waals surface area contributed by atoms with E-state index in [9.17, 15) is 14.4 Å². The molecule has 0 spiro atoms. The Bertz CT molecular complexity index is 1480. The van der Waals surface area contributed by atoms with Crippen molar-refractivity contribution < 1.29 is 19.1 Å². The highest BCUT2D eigenvalue weighted by atomic mass is 32.1. The van der Waals surface area contributed by atoms with Crippen LogP contribution in [0.2, 0.25) is 0 Å². The Kier molecular flexibility index (Phi) is 6.95. The zero-order valence-electron chi connectivity index (χ0n) is 20.0. The molecule has 11 heteroatoms. The highest BCUT2D eigenvalue weighted by Crippen LogP contribution is 2.30. The van der Waals surface area contributed by atoms with Gasteiger partial charge in [-0.05, 0) is 54.8 Å². The number of hydrogen-bond acceptors (Lipinski definition) is 7. The fraction of sp³-hybridized carbons (Fsp3) is 0.192. The maximum absolute atomic E-state index is 12.5. The average Bonchev–Trinajstić information content (AvgIpc) is 3.58. The van der Waals surface area contributed by atoms with Crippen LogP contribution < -0.4 is 16.0 Å². The van der Waals surface area contributed by atoms with Gasteiger partial charge in [-0.25, -0.2) is 19.3 Å². The summed E-state index contributed by atoms with van der Waals surface area (Å²) in [6.45, 7) is 2.32. The van der Waals surface area contributed by atoms with Crippen molar-refractivity contribution in [2.45, 2.75) is 26.3 Å². The Balaban J connectivity index is 1.18. The Labute approximate surface area is 216 Å². The molecule has 0 fully saturated rings. The number of anilines is 2. The molecule has 0 bridgehead atoms. The number of carbonyl (C=O) groups excluding carboxylic acids is 3. The summed E-state index contributed by atoms with van der Waals surface area (Å²) in [5, 5.41) is 15.1. The predicted octanol–water partition coefficient (Wildman–Crippen LogP) is 4.38. The van der Waals surface area contributed by atoms with Gasteiger partial charge >= 0.3 is 12.0 Å². The van der Waals surface area contributed by atoms with Gasteiger partial charge < -0.3 is 15.4 Å². The van der Waals surface area contributed by atoms with Crippen molar-refractivity contribution in [3.05, 3.63) is 76.9 Å². The molecule has 0 radical (unpaired) electrons. The number of amides is 3. The van der Waals surface area contributed by atoms with E-state index >= 15 is 0 Å². The molecule has 0 atom stereocenters. The lowest BCUT2D eigenvalue weighted by atomic mass is 9.99. The first kappa shape index (κ1) is 24.2. The van der Waals surface area contributed by atoms with Crippen molar-refractivity contribution in [2.24, 2.45) is 0 Å². The zero-order chi connectivity index (χ0) is 25.8. The minimum absolute atomic E-state index is 0.0302. The molecule has 3 heterocycles. The van der Waals surface area contributed by atoms with Gasteiger partial charge in [0.15, 0.2) is 10.8 Å². The van der Waals surface area contributed by atoms with Gasteiger partial charge in [0, 0.05) is 35.8 Å². The quantitative estimate of drug-likeness (QED) is 0.313. The molecule has 1 aliphatic rings. The van der Waals surface area contributed by atoms with Gasteiger partial charge in [-0.15, -0.1) is 11.3 Å². The van der Waals surface area contributed by atoms with E-state index in [1.54, 1.807) is 23.9 Å². The van der Waals surface area contributed by atoms with Crippen molar-refractivity contribution in [3.8, 4) is 16.9 Å². The lowest BCUT2D eigenvalue weighted by molar-refractivity contribution is -0.116. The van der Waals surface area contributed by atoms with E-state index in [1.807, 2.05) is 47.8 Å². The second-order valence-electron chi connectivity index (χ2n) is 8.30. The lowest BCUT2D eigenvalue weighted by Crippen LogP contribution is -2.28. The second-order valence-corrected chi connectivity index (χ2v) is 9.16. The highest BCUT2D eigenvalue weighted by Gasteiger charge is 2.16. The molecule has 3 N–H and O–H groups in total. The fourth-order valence-corrected chi connectivity index (χ4v) is 4.64. The van der Waals surface area contributed by atoms with E-state index in [0.717, 1.165) is 33.8 Å². The number of nitrogens with one attached hydrogen (secondary N) is 3. The Morgan fingerprint density at radius 3 is 2.92 bits per heavy atom. The smallest absolute Gasteiger partial charge is 0.358 e. The van der Waals surface area contributed by atoms with Crippen LogP contribution in [-0.4, -0.2) is 39.3 Å². The Morgan fingerprint density at radius 1 is 1.16 bits per heavy atom. The Morgan fingerprint density at radius 2 is 2.05 bits per heavy atom. The number of thiazole rings is 1. The van der Waals surface area contributed by atoms with Crippen LogP contribution in [0.4, 0.5) is 15.6 Å². The van der Waals surface area contributed by atoms with Crippen LogP contribution in [-0.2, 0) is 22.5 Å². The van der Waals surface area contributed by atoms with Crippen molar-refractivity contribution in [1.29, 1.82) is 0 Å².